The Labute approximate surface area is 171 Å². The van der Waals surface area contributed by atoms with Crippen molar-refractivity contribution in [3.8, 4) is 0 Å². The van der Waals surface area contributed by atoms with E-state index in [4.69, 9.17) is 22.1 Å². The number of fused-ring (bicyclic) bond motifs is 1. The van der Waals surface area contributed by atoms with Crippen LogP contribution in [0, 0.1) is 0 Å². The standard InChI is InChI=1S/C21H28ClN5O/c1-14-12-27(13-15(2)28-14)8-4-7-24-11-18(16(3)23)17-9-20-19(25-10-17)5-6-21(22)26-20/h5-6,9-11,14-15H,4,7-8,12-13,23H2,1-3H3/t14-,15?/m0/s1. The van der Waals surface area contributed by atoms with Crippen LogP contribution < -0.4 is 5.73 Å². The number of allylic oxidation sites excluding steroid dienone is 2. The van der Waals surface area contributed by atoms with Crippen LogP contribution in [0.5, 0.6) is 0 Å². The van der Waals surface area contributed by atoms with E-state index >= 15 is 0 Å². The molecule has 0 amide bonds. The molecule has 1 aliphatic heterocycles. The van der Waals surface area contributed by atoms with E-state index in [9.17, 15) is 0 Å². The molecule has 0 aromatic carbocycles. The molecule has 2 atom stereocenters. The third-order valence-electron chi connectivity index (χ3n) is 4.72. The second-order valence-corrected chi connectivity index (χ2v) is 7.79. The summed E-state index contributed by atoms with van der Waals surface area (Å²) in [5, 5.41) is 0.446. The van der Waals surface area contributed by atoms with E-state index in [2.05, 4.69) is 33.7 Å². The van der Waals surface area contributed by atoms with Gasteiger partial charge in [-0.1, -0.05) is 11.6 Å². The Bertz CT molecular complexity index is 868. The van der Waals surface area contributed by atoms with E-state index in [1.807, 2.05) is 25.3 Å². The molecular weight excluding hydrogens is 374 g/mol. The topological polar surface area (TPSA) is 76.6 Å². The fourth-order valence-electron chi connectivity index (χ4n) is 3.54. The molecular formula is C21H28ClN5O. The van der Waals surface area contributed by atoms with Crippen molar-refractivity contribution in [3.05, 3.63) is 40.8 Å². The van der Waals surface area contributed by atoms with E-state index in [1.165, 1.54) is 0 Å². The highest BCUT2D eigenvalue weighted by Gasteiger charge is 2.21. The Kier molecular flexibility index (Phi) is 6.99. The molecule has 150 valence electrons. The lowest BCUT2D eigenvalue weighted by atomic mass is 10.1. The minimum absolute atomic E-state index is 0.296. The van der Waals surface area contributed by atoms with Crippen LogP contribution in [0.25, 0.3) is 16.6 Å². The van der Waals surface area contributed by atoms with Crippen LogP contribution >= 0.6 is 11.6 Å². The molecule has 28 heavy (non-hydrogen) atoms. The van der Waals surface area contributed by atoms with Gasteiger partial charge in [0.15, 0.2) is 0 Å². The van der Waals surface area contributed by atoms with Crippen LogP contribution in [-0.4, -0.2) is 59.5 Å². The minimum atomic E-state index is 0.296. The SMILES string of the molecule is CC(N)=C(C=NCCCN1CC(C)O[C@@H](C)C1)c1cnc2ccc(Cl)nc2c1. The molecule has 2 aromatic rings. The van der Waals surface area contributed by atoms with Gasteiger partial charge in [0.05, 0.1) is 23.2 Å². The second kappa shape index (κ2) is 9.45. The lowest BCUT2D eigenvalue weighted by molar-refractivity contribution is -0.0679. The molecule has 2 aromatic heterocycles. The zero-order chi connectivity index (χ0) is 20.1. The number of nitrogens with zero attached hydrogens (tertiary/aromatic N) is 4. The Morgan fingerprint density at radius 1 is 1.32 bits per heavy atom. The molecule has 1 aliphatic rings. The largest absolute Gasteiger partial charge is 0.402 e. The van der Waals surface area contributed by atoms with Crippen LogP contribution in [0.15, 0.2) is 35.1 Å². The van der Waals surface area contributed by atoms with E-state index in [0.29, 0.717) is 23.1 Å². The number of halogens is 1. The first-order chi connectivity index (χ1) is 13.4. The van der Waals surface area contributed by atoms with Crippen LogP contribution in [0.2, 0.25) is 5.15 Å². The normalized spacial score (nSPS) is 22.0. The van der Waals surface area contributed by atoms with Crippen molar-refractivity contribution >= 4 is 34.4 Å². The molecule has 1 saturated heterocycles. The predicted octanol–water partition coefficient (Wildman–Crippen LogP) is 3.54. The van der Waals surface area contributed by atoms with Gasteiger partial charge in [0.1, 0.15) is 5.15 Å². The number of ether oxygens (including phenoxy) is 1. The summed E-state index contributed by atoms with van der Waals surface area (Å²) in [6, 6.07) is 5.54. The van der Waals surface area contributed by atoms with Gasteiger partial charge in [-0.25, -0.2) is 4.98 Å². The fourth-order valence-corrected chi connectivity index (χ4v) is 3.70. The van der Waals surface area contributed by atoms with Crippen molar-refractivity contribution in [3.63, 3.8) is 0 Å². The van der Waals surface area contributed by atoms with Gasteiger partial charge in [-0.05, 0) is 45.4 Å². The van der Waals surface area contributed by atoms with Crippen LogP contribution in [-0.2, 0) is 4.74 Å². The lowest BCUT2D eigenvalue weighted by Gasteiger charge is -2.35. The Morgan fingerprint density at radius 2 is 2.07 bits per heavy atom. The second-order valence-electron chi connectivity index (χ2n) is 7.40. The molecule has 0 aliphatic carbocycles. The average molecular weight is 402 g/mol. The van der Waals surface area contributed by atoms with Crippen molar-refractivity contribution in [2.45, 2.75) is 39.4 Å². The number of hydrogen-bond acceptors (Lipinski definition) is 6. The van der Waals surface area contributed by atoms with Gasteiger partial charge in [0.2, 0.25) is 0 Å². The third kappa shape index (κ3) is 5.50. The average Bonchev–Trinajstić information content (AvgIpc) is 2.63. The highest BCUT2D eigenvalue weighted by Crippen LogP contribution is 2.20. The Hall–Kier alpha value is -2.02. The minimum Gasteiger partial charge on any atom is -0.402 e. The Morgan fingerprint density at radius 3 is 2.79 bits per heavy atom. The predicted molar refractivity (Wildman–Crippen MR) is 116 cm³/mol. The van der Waals surface area contributed by atoms with Gasteiger partial charge in [-0.3, -0.25) is 14.9 Å². The van der Waals surface area contributed by atoms with Gasteiger partial charge in [-0.15, -0.1) is 0 Å². The van der Waals surface area contributed by atoms with E-state index in [1.54, 1.807) is 12.3 Å². The quantitative estimate of drug-likeness (QED) is 0.455. The summed E-state index contributed by atoms with van der Waals surface area (Å²) in [6.45, 7) is 9.87. The number of nitrogens with two attached hydrogens (primary N) is 1. The zero-order valence-electron chi connectivity index (χ0n) is 16.7. The molecule has 0 spiro atoms. The van der Waals surface area contributed by atoms with Gasteiger partial charge in [0.25, 0.3) is 0 Å². The van der Waals surface area contributed by atoms with E-state index in [0.717, 1.165) is 54.8 Å². The number of aliphatic imine (C=N–C) groups is 1. The van der Waals surface area contributed by atoms with Crippen molar-refractivity contribution < 1.29 is 4.74 Å². The summed E-state index contributed by atoms with van der Waals surface area (Å²) in [4.78, 5) is 15.8. The molecule has 0 bridgehead atoms. The van der Waals surface area contributed by atoms with Crippen molar-refractivity contribution in [2.75, 3.05) is 26.2 Å². The summed E-state index contributed by atoms with van der Waals surface area (Å²) < 4.78 is 5.78. The van der Waals surface area contributed by atoms with Crippen LogP contribution in [0.4, 0.5) is 0 Å². The van der Waals surface area contributed by atoms with E-state index < -0.39 is 0 Å². The fraction of sp³-hybridized carbons (Fsp3) is 0.476. The summed E-state index contributed by atoms with van der Waals surface area (Å²) in [5.74, 6) is 0. The maximum Gasteiger partial charge on any atom is 0.129 e. The van der Waals surface area contributed by atoms with Crippen LogP contribution in [0.3, 0.4) is 0 Å². The number of aromatic nitrogens is 2. The molecule has 6 nitrogen and oxygen atoms in total. The lowest BCUT2D eigenvalue weighted by Crippen LogP contribution is -2.45. The Balaban J connectivity index is 1.61. The molecule has 1 unspecified atom stereocenters. The van der Waals surface area contributed by atoms with Gasteiger partial charge < -0.3 is 10.5 Å². The first-order valence-corrected chi connectivity index (χ1v) is 10.1. The number of pyridine rings is 2. The number of rotatable bonds is 6. The first-order valence-electron chi connectivity index (χ1n) is 9.69. The van der Waals surface area contributed by atoms with Gasteiger partial charge in [-0.2, -0.15) is 0 Å². The summed E-state index contributed by atoms with van der Waals surface area (Å²) >= 11 is 6.00. The summed E-state index contributed by atoms with van der Waals surface area (Å²) in [7, 11) is 0. The number of hydrogen-bond donors (Lipinski definition) is 1. The molecule has 0 saturated carbocycles. The summed E-state index contributed by atoms with van der Waals surface area (Å²) in [6.07, 6.45) is 5.23. The van der Waals surface area contributed by atoms with Crippen molar-refractivity contribution in [1.82, 2.24) is 14.9 Å². The molecule has 7 heteroatoms. The van der Waals surface area contributed by atoms with E-state index in [-0.39, 0.29) is 0 Å². The molecule has 3 heterocycles. The highest BCUT2D eigenvalue weighted by molar-refractivity contribution is 6.29. The maximum absolute atomic E-state index is 6.10. The van der Waals surface area contributed by atoms with Crippen molar-refractivity contribution in [2.24, 2.45) is 10.7 Å². The molecule has 3 rings (SSSR count). The van der Waals surface area contributed by atoms with Gasteiger partial charge >= 0.3 is 0 Å². The smallest absolute Gasteiger partial charge is 0.129 e. The first kappa shape index (κ1) is 20.7. The highest BCUT2D eigenvalue weighted by atomic mass is 35.5. The zero-order valence-corrected chi connectivity index (χ0v) is 17.5. The van der Waals surface area contributed by atoms with Gasteiger partial charge in [0, 0.05) is 55.4 Å². The summed E-state index contributed by atoms with van der Waals surface area (Å²) in [5.41, 5.74) is 10.1. The van der Waals surface area contributed by atoms with Crippen LogP contribution in [0.1, 0.15) is 32.8 Å². The molecule has 2 N–H and O–H groups in total. The maximum atomic E-state index is 6.10. The third-order valence-corrected chi connectivity index (χ3v) is 4.93. The van der Waals surface area contributed by atoms with Crippen molar-refractivity contribution in [1.29, 1.82) is 0 Å². The number of morpholine rings is 1. The molecule has 1 fully saturated rings. The molecule has 0 radical (unpaired) electrons. The monoisotopic (exact) mass is 401 g/mol.